The van der Waals surface area contributed by atoms with E-state index in [-0.39, 0.29) is 28.7 Å². The molecule has 0 radical (unpaired) electrons. The van der Waals surface area contributed by atoms with Gasteiger partial charge in [0.1, 0.15) is 11.3 Å². The van der Waals surface area contributed by atoms with Crippen LogP contribution in [-0.4, -0.2) is 50.7 Å². The molecule has 9 nitrogen and oxygen atoms in total. The van der Waals surface area contributed by atoms with Crippen LogP contribution in [0.5, 0.6) is 0 Å². The van der Waals surface area contributed by atoms with Crippen molar-refractivity contribution in [2.45, 2.75) is 26.1 Å². The Labute approximate surface area is 185 Å². The summed E-state index contributed by atoms with van der Waals surface area (Å²) in [4.78, 5) is 43.8. The third-order valence-corrected chi connectivity index (χ3v) is 5.71. The summed E-state index contributed by atoms with van der Waals surface area (Å²) in [7, 11) is 2.94. The van der Waals surface area contributed by atoms with Crippen LogP contribution in [0.15, 0.2) is 46.0 Å². The molecule has 0 aliphatic carbocycles. The van der Waals surface area contributed by atoms with Crippen molar-refractivity contribution >= 4 is 16.9 Å². The zero-order chi connectivity index (χ0) is 22.8. The predicted molar refractivity (Wildman–Crippen MR) is 121 cm³/mol. The first-order valence-electron chi connectivity index (χ1n) is 10.6. The molecule has 1 aliphatic rings. The first kappa shape index (κ1) is 21.9. The van der Waals surface area contributed by atoms with Crippen molar-refractivity contribution in [3.05, 3.63) is 74.1 Å². The van der Waals surface area contributed by atoms with Gasteiger partial charge in [-0.1, -0.05) is 24.3 Å². The minimum Gasteiger partial charge on any atom is -0.376 e. The third-order valence-electron chi connectivity index (χ3n) is 5.71. The molecule has 1 unspecified atom stereocenters. The third kappa shape index (κ3) is 4.49. The van der Waals surface area contributed by atoms with Crippen LogP contribution in [0, 0.1) is 0 Å². The maximum Gasteiger partial charge on any atom is 0.332 e. The Bertz CT molecular complexity index is 1280. The fourth-order valence-corrected chi connectivity index (χ4v) is 3.98. The molecule has 2 aromatic heterocycles. The lowest BCUT2D eigenvalue weighted by Crippen LogP contribution is -2.40. The van der Waals surface area contributed by atoms with Gasteiger partial charge in [-0.15, -0.1) is 0 Å². The lowest BCUT2D eigenvalue weighted by Gasteiger charge is -2.31. The van der Waals surface area contributed by atoms with Gasteiger partial charge in [-0.2, -0.15) is 0 Å². The second-order valence-corrected chi connectivity index (χ2v) is 8.19. The zero-order valence-corrected chi connectivity index (χ0v) is 18.5. The molecule has 1 aromatic carbocycles. The molecule has 1 amide bonds. The van der Waals surface area contributed by atoms with Gasteiger partial charge in [0.2, 0.25) is 0 Å². The van der Waals surface area contributed by atoms with Crippen LogP contribution in [0.3, 0.4) is 0 Å². The number of nitrogens with zero attached hydrogens (tertiary/aromatic N) is 4. The molecular formula is C23H27N5O4. The van der Waals surface area contributed by atoms with Crippen molar-refractivity contribution in [1.29, 1.82) is 0 Å². The Hall–Kier alpha value is -3.30. The highest BCUT2D eigenvalue weighted by Gasteiger charge is 2.17. The van der Waals surface area contributed by atoms with E-state index in [0.29, 0.717) is 6.54 Å². The molecule has 168 valence electrons. The number of pyridine rings is 1. The van der Waals surface area contributed by atoms with E-state index in [9.17, 15) is 14.4 Å². The molecule has 0 bridgehead atoms. The van der Waals surface area contributed by atoms with Crippen LogP contribution in [0.4, 0.5) is 0 Å². The Morgan fingerprint density at radius 1 is 1.16 bits per heavy atom. The summed E-state index contributed by atoms with van der Waals surface area (Å²) < 4.78 is 7.89. The second-order valence-electron chi connectivity index (χ2n) is 8.19. The SMILES string of the molecule is CC1CN(Cc2cccc(CNC(=O)c3ccc4c(=O)n(C)c(=O)n(C)c4n3)c2)CCO1. The van der Waals surface area contributed by atoms with Crippen molar-refractivity contribution in [3.8, 4) is 0 Å². The Morgan fingerprint density at radius 3 is 2.72 bits per heavy atom. The quantitative estimate of drug-likeness (QED) is 0.634. The minimum atomic E-state index is -0.487. The Balaban J connectivity index is 1.46. The largest absolute Gasteiger partial charge is 0.376 e. The second kappa shape index (κ2) is 9.05. The summed E-state index contributed by atoms with van der Waals surface area (Å²) >= 11 is 0. The number of aromatic nitrogens is 3. The van der Waals surface area contributed by atoms with Crippen molar-refractivity contribution < 1.29 is 9.53 Å². The van der Waals surface area contributed by atoms with Crippen molar-refractivity contribution in [3.63, 3.8) is 0 Å². The molecule has 0 spiro atoms. The number of carbonyl (C=O) groups is 1. The normalized spacial score (nSPS) is 16.9. The van der Waals surface area contributed by atoms with Gasteiger partial charge in [-0.05, 0) is 30.2 Å². The fraction of sp³-hybridized carbons (Fsp3) is 0.391. The van der Waals surface area contributed by atoms with Crippen molar-refractivity contribution in [2.75, 3.05) is 19.7 Å². The predicted octanol–water partition coefficient (Wildman–Crippen LogP) is 0.783. The lowest BCUT2D eigenvalue weighted by atomic mass is 10.1. The number of carbonyl (C=O) groups excluding carboxylic acids is 1. The number of hydrogen-bond acceptors (Lipinski definition) is 6. The Kier molecular flexibility index (Phi) is 6.20. The van der Waals surface area contributed by atoms with E-state index < -0.39 is 11.2 Å². The van der Waals surface area contributed by atoms with Crippen LogP contribution in [0.2, 0.25) is 0 Å². The zero-order valence-electron chi connectivity index (χ0n) is 18.5. The van der Waals surface area contributed by atoms with Crippen LogP contribution in [-0.2, 0) is 31.9 Å². The van der Waals surface area contributed by atoms with E-state index in [2.05, 4.69) is 34.3 Å². The molecule has 1 fully saturated rings. The first-order chi connectivity index (χ1) is 15.3. The van der Waals surface area contributed by atoms with E-state index in [1.807, 2.05) is 12.1 Å². The van der Waals surface area contributed by atoms with Crippen LogP contribution >= 0.6 is 0 Å². The van der Waals surface area contributed by atoms with Crippen LogP contribution in [0.25, 0.3) is 11.0 Å². The molecule has 9 heteroatoms. The van der Waals surface area contributed by atoms with E-state index in [0.717, 1.165) is 36.4 Å². The van der Waals surface area contributed by atoms with Gasteiger partial charge < -0.3 is 10.1 Å². The topological polar surface area (TPSA) is 98.5 Å². The highest BCUT2D eigenvalue weighted by atomic mass is 16.5. The summed E-state index contributed by atoms with van der Waals surface area (Å²) in [5, 5.41) is 3.16. The molecule has 32 heavy (non-hydrogen) atoms. The van der Waals surface area contributed by atoms with Crippen LogP contribution < -0.4 is 16.6 Å². The van der Waals surface area contributed by atoms with Crippen molar-refractivity contribution in [1.82, 2.24) is 24.3 Å². The number of morpholine rings is 1. The number of nitrogens with one attached hydrogen (secondary N) is 1. The number of hydrogen-bond donors (Lipinski definition) is 1. The van der Waals surface area contributed by atoms with Gasteiger partial charge in [-0.25, -0.2) is 9.78 Å². The molecule has 1 aliphatic heterocycles. The van der Waals surface area contributed by atoms with Crippen LogP contribution in [0.1, 0.15) is 28.5 Å². The fourth-order valence-electron chi connectivity index (χ4n) is 3.98. The number of aryl methyl sites for hydroxylation is 1. The molecular weight excluding hydrogens is 410 g/mol. The lowest BCUT2D eigenvalue weighted by molar-refractivity contribution is -0.0212. The van der Waals surface area contributed by atoms with Gasteiger partial charge in [0.05, 0.1) is 18.1 Å². The number of ether oxygens (including phenoxy) is 1. The monoisotopic (exact) mass is 437 g/mol. The van der Waals surface area contributed by atoms with E-state index in [1.165, 1.54) is 36.4 Å². The van der Waals surface area contributed by atoms with Gasteiger partial charge in [0.15, 0.2) is 0 Å². The summed E-state index contributed by atoms with van der Waals surface area (Å²) in [5.74, 6) is -0.368. The number of amides is 1. The first-order valence-corrected chi connectivity index (χ1v) is 10.6. The van der Waals surface area contributed by atoms with E-state index in [1.54, 1.807) is 0 Å². The molecule has 3 aromatic rings. The number of benzene rings is 1. The molecule has 3 heterocycles. The van der Waals surface area contributed by atoms with Gasteiger partial charge in [-0.3, -0.25) is 23.6 Å². The van der Waals surface area contributed by atoms with Gasteiger partial charge in [0, 0.05) is 40.3 Å². The molecule has 1 atom stereocenters. The van der Waals surface area contributed by atoms with E-state index in [4.69, 9.17) is 4.74 Å². The average Bonchev–Trinajstić information content (AvgIpc) is 2.79. The summed E-state index contributed by atoms with van der Waals surface area (Å²) in [5.41, 5.74) is 1.58. The van der Waals surface area contributed by atoms with Gasteiger partial charge in [0.25, 0.3) is 11.5 Å². The highest BCUT2D eigenvalue weighted by molar-refractivity contribution is 5.94. The van der Waals surface area contributed by atoms with E-state index >= 15 is 0 Å². The standard InChI is InChI=1S/C23H27N5O4/c1-15-13-28(9-10-32-15)14-17-6-4-5-16(11-17)12-24-21(29)19-8-7-18-20(25-19)26(2)23(31)27(3)22(18)30/h4-8,11,15H,9-10,12-14H2,1-3H3,(H,24,29). The summed E-state index contributed by atoms with van der Waals surface area (Å²) in [6.07, 6.45) is 0.236. The number of fused-ring (bicyclic) bond motifs is 1. The maximum absolute atomic E-state index is 12.7. The molecule has 0 saturated carbocycles. The molecule has 1 N–H and O–H groups in total. The number of rotatable bonds is 5. The maximum atomic E-state index is 12.7. The summed E-state index contributed by atoms with van der Waals surface area (Å²) in [6.45, 7) is 5.82. The summed E-state index contributed by atoms with van der Waals surface area (Å²) in [6, 6.07) is 11.1. The molecule has 1 saturated heterocycles. The average molecular weight is 438 g/mol. The highest BCUT2D eigenvalue weighted by Crippen LogP contribution is 2.12. The van der Waals surface area contributed by atoms with Crippen molar-refractivity contribution in [2.24, 2.45) is 14.1 Å². The van der Waals surface area contributed by atoms with Gasteiger partial charge >= 0.3 is 5.69 Å². The smallest absolute Gasteiger partial charge is 0.332 e. The molecule has 4 rings (SSSR count). The minimum absolute atomic E-state index is 0.152. The Morgan fingerprint density at radius 2 is 1.94 bits per heavy atom.